The molecule has 0 atom stereocenters. The first kappa shape index (κ1) is 22.1. The molecule has 1 aromatic carbocycles. The molecule has 0 aliphatic carbocycles. The van der Waals surface area contributed by atoms with Gasteiger partial charge in [0.15, 0.2) is 0 Å². The van der Waals surface area contributed by atoms with E-state index >= 15 is 0 Å². The first-order valence-electron chi connectivity index (χ1n) is 11.1. The molecule has 1 aliphatic heterocycles. The molecule has 6 nitrogen and oxygen atoms in total. The fourth-order valence-electron chi connectivity index (χ4n) is 4.33. The lowest BCUT2D eigenvalue weighted by Crippen LogP contribution is -2.51. The van der Waals surface area contributed by atoms with E-state index in [1.165, 1.54) is 28.4 Å². The Morgan fingerprint density at radius 3 is 2.62 bits per heavy atom. The zero-order valence-corrected chi connectivity index (χ0v) is 19.1. The van der Waals surface area contributed by atoms with Crippen LogP contribution in [-0.2, 0) is 11.2 Å². The Morgan fingerprint density at radius 1 is 1.12 bits per heavy atom. The predicted molar refractivity (Wildman–Crippen MR) is 126 cm³/mol. The van der Waals surface area contributed by atoms with Gasteiger partial charge in [0.25, 0.3) is 5.91 Å². The molecule has 1 saturated heterocycles. The number of carbonyl (C=O) groups is 2. The van der Waals surface area contributed by atoms with Crippen LogP contribution in [0, 0.1) is 5.41 Å². The van der Waals surface area contributed by atoms with Crippen molar-refractivity contribution >= 4 is 23.2 Å². The highest BCUT2D eigenvalue weighted by molar-refractivity contribution is 7.13. The second-order valence-electron chi connectivity index (χ2n) is 8.23. The summed E-state index contributed by atoms with van der Waals surface area (Å²) in [6, 6.07) is 12.5. The van der Waals surface area contributed by atoms with Crippen LogP contribution in [-0.4, -0.2) is 46.3 Å². The first-order valence-corrected chi connectivity index (χ1v) is 12.0. The number of thiophene rings is 1. The summed E-state index contributed by atoms with van der Waals surface area (Å²) in [7, 11) is 0. The normalized spacial score (nSPS) is 15.3. The van der Waals surface area contributed by atoms with Crippen LogP contribution >= 0.6 is 11.3 Å². The summed E-state index contributed by atoms with van der Waals surface area (Å²) in [6.45, 7) is 3.77. The Labute approximate surface area is 192 Å². The van der Waals surface area contributed by atoms with Gasteiger partial charge in [-0.05, 0) is 48.3 Å². The molecule has 2 amide bonds. The average Bonchev–Trinajstić information content (AvgIpc) is 3.38. The number of carbonyl (C=O) groups excluding carboxylic acids is 2. The zero-order valence-electron chi connectivity index (χ0n) is 18.3. The van der Waals surface area contributed by atoms with E-state index in [2.05, 4.69) is 51.9 Å². The molecular weight excluding hydrogens is 420 g/mol. The number of aromatic nitrogens is 2. The van der Waals surface area contributed by atoms with Crippen molar-refractivity contribution in [3.8, 4) is 10.4 Å². The van der Waals surface area contributed by atoms with Crippen molar-refractivity contribution in [2.45, 2.75) is 32.6 Å². The minimum atomic E-state index is -0.540. The van der Waals surface area contributed by atoms with Crippen molar-refractivity contribution in [2.24, 2.45) is 5.41 Å². The maximum absolute atomic E-state index is 13.4. The number of hydrogen-bond donors (Lipinski definition) is 1. The van der Waals surface area contributed by atoms with Crippen molar-refractivity contribution in [3.63, 3.8) is 0 Å². The summed E-state index contributed by atoms with van der Waals surface area (Å²) >= 11 is 1.71. The molecule has 1 fully saturated rings. The number of amides is 2. The van der Waals surface area contributed by atoms with Crippen LogP contribution in [0.4, 0.5) is 0 Å². The minimum Gasteiger partial charge on any atom is -0.356 e. The average molecular weight is 449 g/mol. The minimum absolute atomic E-state index is 0.0898. The summed E-state index contributed by atoms with van der Waals surface area (Å²) in [5, 5.41) is 5.21. The van der Waals surface area contributed by atoms with Crippen LogP contribution < -0.4 is 5.32 Å². The fraction of sp³-hybridized carbons (Fsp3) is 0.360. The molecule has 0 unspecified atom stereocenters. The maximum atomic E-state index is 13.4. The van der Waals surface area contributed by atoms with E-state index in [0.717, 1.165) is 6.42 Å². The number of nitrogens with zero attached hydrogens (tertiary/aromatic N) is 3. The summed E-state index contributed by atoms with van der Waals surface area (Å²) in [4.78, 5) is 37.4. The molecule has 7 heteroatoms. The van der Waals surface area contributed by atoms with Gasteiger partial charge in [-0.25, -0.2) is 4.98 Å². The number of benzene rings is 1. The summed E-state index contributed by atoms with van der Waals surface area (Å²) < 4.78 is 0. The molecule has 1 aliphatic rings. The molecule has 2 aromatic heterocycles. The van der Waals surface area contributed by atoms with E-state index in [1.807, 2.05) is 12.1 Å². The smallest absolute Gasteiger partial charge is 0.274 e. The molecule has 4 rings (SSSR count). The number of likely N-dealkylation sites (tertiary alicyclic amines) is 1. The molecule has 0 bridgehead atoms. The molecular formula is C25H28N4O2S. The standard InChI is InChI=1S/C25H28N4O2S/c1-2-11-28-24(31)25(17-19-6-3-4-7-20(19)22-8-5-16-32-22)9-14-29(15-10-25)23(30)21-18-26-12-13-27-21/h3-8,12-13,16,18H,2,9-11,14-15,17H2,1H3,(H,28,31). The second kappa shape index (κ2) is 10.0. The molecule has 3 heterocycles. The number of nitrogens with one attached hydrogen (secondary N) is 1. The van der Waals surface area contributed by atoms with Crippen molar-refractivity contribution in [2.75, 3.05) is 19.6 Å². The van der Waals surface area contributed by atoms with E-state index in [1.54, 1.807) is 22.4 Å². The maximum Gasteiger partial charge on any atom is 0.274 e. The number of hydrogen-bond acceptors (Lipinski definition) is 5. The van der Waals surface area contributed by atoms with Gasteiger partial charge in [-0.15, -0.1) is 11.3 Å². The van der Waals surface area contributed by atoms with E-state index in [9.17, 15) is 9.59 Å². The summed E-state index contributed by atoms with van der Waals surface area (Å²) in [5.41, 5.74) is 2.17. The summed E-state index contributed by atoms with van der Waals surface area (Å²) in [6.07, 6.45) is 7.37. The van der Waals surface area contributed by atoms with Gasteiger partial charge in [0.1, 0.15) is 5.69 Å². The van der Waals surface area contributed by atoms with Gasteiger partial charge in [0, 0.05) is 36.9 Å². The third-order valence-electron chi connectivity index (χ3n) is 6.14. The monoisotopic (exact) mass is 448 g/mol. The first-order chi connectivity index (χ1) is 15.6. The third-order valence-corrected chi connectivity index (χ3v) is 7.04. The highest BCUT2D eigenvalue weighted by Crippen LogP contribution is 2.39. The van der Waals surface area contributed by atoms with E-state index in [4.69, 9.17) is 0 Å². The van der Waals surface area contributed by atoms with Crippen LogP contribution in [0.15, 0.2) is 60.4 Å². The quantitative estimate of drug-likeness (QED) is 0.588. The molecule has 0 spiro atoms. The fourth-order valence-corrected chi connectivity index (χ4v) is 5.12. The molecule has 32 heavy (non-hydrogen) atoms. The van der Waals surface area contributed by atoms with Crippen molar-refractivity contribution in [1.29, 1.82) is 0 Å². The van der Waals surface area contributed by atoms with Gasteiger partial charge >= 0.3 is 0 Å². The van der Waals surface area contributed by atoms with Crippen LogP contribution in [0.2, 0.25) is 0 Å². The van der Waals surface area contributed by atoms with Crippen LogP contribution in [0.5, 0.6) is 0 Å². The number of rotatable bonds is 7. The molecule has 1 N–H and O–H groups in total. The lowest BCUT2D eigenvalue weighted by Gasteiger charge is -2.41. The van der Waals surface area contributed by atoms with Gasteiger partial charge in [-0.1, -0.05) is 37.3 Å². The summed E-state index contributed by atoms with van der Waals surface area (Å²) in [5.74, 6) is -0.0356. The van der Waals surface area contributed by atoms with E-state index in [-0.39, 0.29) is 11.8 Å². The Bertz CT molecular complexity index is 1040. The van der Waals surface area contributed by atoms with Crippen molar-refractivity contribution in [1.82, 2.24) is 20.2 Å². The largest absolute Gasteiger partial charge is 0.356 e. The predicted octanol–water partition coefficient (Wildman–Crippen LogP) is 4.20. The lowest BCUT2D eigenvalue weighted by molar-refractivity contribution is -0.133. The second-order valence-corrected chi connectivity index (χ2v) is 9.18. The Kier molecular flexibility index (Phi) is 6.95. The highest BCUT2D eigenvalue weighted by atomic mass is 32.1. The van der Waals surface area contributed by atoms with Crippen molar-refractivity contribution in [3.05, 3.63) is 71.6 Å². The van der Waals surface area contributed by atoms with Gasteiger partial charge < -0.3 is 10.2 Å². The van der Waals surface area contributed by atoms with Crippen LogP contribution in [0.3, 0.4) is 0 Å². The highest BCUT2D eigenvalue weighted by Gasteiger charge is 2.42. The van der Waals surface area contributed by atoms with Gasteiger partial charge in [-0.2, -0.15) is 0 Å². The Hall–Kier alpha value is -3.06. The topological polar surface area (TPSA) is 75.2 Å². The van der Waals surface area contributed by atoms with Gasteiger partial charge in [0.05, 0.1) is 11.6 Å². The van der Waals surface area contributed by atoms with Gasteiger partial charge in [0.2, 0.25) is 5.91 Å². The molecule has 166 valence electrons. The van der Waals surface area contributed by atoms with Crippen LogP contribution in [0.1, 0.15) is 42.2 Å². The zero-order chi connectivity index (χ0) is 22.4. The van der Waals surface area contributed by atoms with Crippen LogP contribution in [0.25, 0.3) is 10.4 Å². The Balaban J connectivity index is 1.57. The SMILES string of the molecule is CCCNC(=O)C1(Cc2ccccc2-c2cccs2)CCN(C(=O)c2cnccn2)CC1. The van der Waals surface area contributed by atoms with Gasteiger partial charge in [-0.3, -0.25) is 14.6 Å². The van der Waals surface area contributed by atoms with E-state index < -0.39 is 5.41 Å². The molecule has 0 radical (unpaired) electrons. The number of piperidine rings is 1. The Morgan fingerprint density at radius 2 is 1.94 bits per heavy atom. The molecule has 0 saturated carbocycles. The molecule has 3 aromatic rings. The lowest BCUT2D eigenvalue weighted by atomic mass is 9.72. The van der Waals surface area contributed by atoms with E-state index in [0.29, 0.717) is 44.6 Å². The van der Waals surface area contributed by atoms with Crippen molar-refractivity contribution < 1.29 is 9.59 Å². The third kappa shape index (κ3) is 4.72.